The summed E-state index contributed by atoms with van der Waals surface area (Å²) in [5.41, 5.74) is 6.54. The van der Waals surface area contributed by atoms with Gasteiger partial charge in [0.25, 0.3) is 0 Å². The standard InChI is InChI=1S/C13H18INO/c1-10(3-2-8-15)13(16)9-11-4-6-12(14)7-5-11/h4-7,10H,2-3,8-9,15H2,1H3. The number of nitrogens with two attached hydrogens (primary N) is 1. The maximum atomic E-state index is 11.9. The van der Waals surface area contributed by atoms with Crippen LogP contribution in [-0.2, 0) is 11.2 Å². The largest absolute Gasteiger partial charge is 0.330 e. The first-order valence-corrected chi connectivity index (χ1v) is 6.68. The van der Waals surface area contributed by atoms with Gasteiger partial charge in [0.15, 0.2) is 0 Å². The molecule has 0 aliphatic heterocycles. The highest BCUT2D eigenvalue weighted by atomic mass is 127. The van der Waals surface area contributed by atoms with Crippen molar-refractivity contribution >= 4 is 28.4 Å². The van der Waals surface area contributed by atoms with Crippen molar-refractivity contribution in [3.05, 3.63) is 33.4 Å². The van der Waals surface area contributed by atoms with E-state index >= 15 is 0 Å². The molecule has 1 aromatic rings. The highest BCUT2D eigenvalue weighted by molar-refractivity contribution is 14.1. The molecule has 0 bridgehead atoms. The molecule has 0 radical (unpaired) electrons. The number of halogens is 1. The lowest BCUT2D eigenvalue weighted by Crippen LogP contribution is -2.15. The highest BCUT2D eigenvalue weighted by Gasteiger charge is 2.12. The smallest absolute Gasteiger partial charge is 0.140 e. The molecule has 0 spiro atoms. The summed E-state index contributed by atoms with van der Waals surface area (Å²) in [5, 5.41) is 0. The molecule has 16 heavy (non-hydrogen) atoms. The quantitative estimate of drug-likeness (QED) is 0.815. The van der Waals surface area contributed by atoms with Gasteiger partial charge in [-0.25, -0.2) is 0 Å². The van der Waals surface area contributed by atoms with Crippen LogP contribution in [0.15, 0.2) is 24.3 Å². The summed E-state index contributed by atoms with van der Waals surface area (Å²) in [4.78, 5) is 11.9. The van der Waals surface area contributed by atoms with Crippen molar-refractivity contribution in [1.29, 1.82) is 0 Å². The molecular formula is C13H18INO. The average Bonchev–Trinajstić information content (AvgIpc) is 2.29. The van der Waals surface area contributed by atoms with E-state index in [0.29, 0.717) is 18.7 Å². The Morgan fingerprint density at radius 1 is 1.38 bits per heavy atom. The van der Waals surface area contributed by atoms with Crippen molar-refractivity contribution < 1.29 is 4.79 Å². The van der Waals surface area contributed by atoms with E-state index in [1.54, 1.807) is 0 Å². The van der Waals surface area contributed by atoms with Crippen LogP contribution in [0.4, 0.5) is 0 Å². The third kappa shape index (κ3) is 4.61. The van der Waals surface area contributed by atoms with Gasteiger partial charge in [0, 0.05) is 15.9 Å². The lowest BCUT2D eigenvalue weighted by Gasteiger charge is -2.09. The van der Waals surface area contributed by atoms with Gasteiger partial charge in [-0.2, -0.15) is 0 Å². The lowest BCUT2D eigenvalue weighted by molar-refractivity contribution is -0.121. The van der Waals surface area contributed by atoms with E-state index in [1.165, 1.54) is 3.57 Å². The van der Waals surface area contributed by atoms with Crippen molar-refractivity contribution in [1.82, 2.24) is 0 Å². The molecule has 0 aromatic heterocycles. The molecule has 2 N–H and O–H groups in total. The topological polar surface area (TPSA) is 43.1 Å². The summed E-state index contributed by atoms with van der Waals surface area (Å²) in [6.45, 7) is 2.66. The first-order valence-electron chi connectivity index (χ1n) is 5.60. The molecule has 0 fully saturated rings. The fraction of sp³-hybridized carbons (Fsp3) is 0.462. The molecule has 0 saturated heterocycles. The molecule has 0 amide bonds. The van der Waals surface area contributed by atoms with Gasteiger partial charge in [0.2, 0.25) is 0 Å². The molecule has 0 saturated carbocycles. The van der Waals surface area contributed by atoms with Crippen molar-refractivity contribution in [3.63, 3.8) is 0 Å². The maximum absolute atomic E-state index is 11.9. The number of hydrogen-bond acceptors (Lipinski definition) is 2. The Morgan fingerprint density at radius 2 is 2.00 bits per heavy atom. The Hall–Kier alpha value is -0.420. The summed E-state index contributed by atoms with van der Waals surface area (Å²) in [5.74, 6) is 0.442. The van der Waals surface area contributed by atoms with E-state index in [9.17, 15) is 4.79 Å². The number of Topliss-reactive ketones (excluding diaryl/α,β-unsaturated/α-hetero) is 1. The molecule has 2 nitrogen and oxygen atoms in total. The molecule has 0 aliphatic rings. The Morgan fingerprint density at radius 3 is 2.56 bits per heavy atom. The van der Waals surface area contributed by atoms with E-state index < -0.39 is 0 Å². The fourth-order valence-electron chi connectivity index (χ4n) is 1.56. The second kappa shape index (κ2) is 7.01. The van der Waals surface area contributed by atoms with E-state index in [0.717, 1.165) is 18.4 Å². The number of benzene rings is 1. The third-order valence-electron chi connectivity index (χ3n) is 2.68. The first-order chi connectivity index (χ1) is 7.63. The first kappa shape index (κ1) is 13.6. The van der Waals surface area contributed by atoms with Crippen LogP contribution in [0.3, 0.4) is 0 Å². The summed E-state index contributed by atoms with van der Waals surface area (Å²) in [6, 6.07) is 8.12. The number of carbonyl (C=O) groups excluding carboxylic acids is 1. The predicted octanol–water partition coefficient (Wildman–Crippen LogP) is 2.78. The maximum Gasteiger partial charge on any atom is 0.140 e. The van der Waals surface area contributed by atoms with Gasteiger partial charge in [-0.1, -0.05) is 19.1 Å². The van der Waals surface area contributed by atoms with Gasteiger partial charge < -0.3 is 5.73 Å². The van der Waals surface area contributed by atoms with Gasteiger partial charge >= 0.3 is 0 Å². The molecule has 0 aliphatic carbocycles. The SMILES string of the molecule is CC(CCCN)C(=O)Cc1ccc(I)cc1. The summed E-state index contributed by atoms with van der Waals surface area (Å²) in [6.07, 6.45) is 2.38. The normalized spacial score (nSPS) is 12.4. The second-order valence-electron chi connectivity index (χ2n) is 4.10. The van der Waals surface area contributed by atoms with Crippen LogP contribution in [0.5, 0.6) is 0 Å². The molecule has 1 atom stereocenters. The number of hydrogen-bond donors (Lipinski definition) is 1. The zero-order valence-corrected chi connectivity index (χ0v) is 11.7. The zero-order valence-electron chi connectivity index (χ0n) is 9.58. The van der Waals surface area contributed by atoms with Crippen molar-refractivity contribution in [2.45, 2.75) is 26.2 Å². The van der Waals surface area contributed by atoms with Crippen LogP contribution in [0.1, 0.15) is 25.3 Å². The fourth-order valence-corrected chi connectivity index (χ4v) is 1.92. The van der Waals surface area contributed by atoms with Gasteiger partial charge in [-0.15, -0.1) is 0 Å². The van der Waals surface area contributed by atoms with Gasteiger partial charge in [-0.05, 0) is 59.7 Å². The second-order valence-corrected chi connectivity index (χ2v) is 5.35. The monoisotopic (exact) mass is 331 g/mol. The van der Waals surface area contributed by atoms with Crippen LogP contribution < -0.4 is 5.73 Å². The predicted molar refractivity (Wildman–Crippen MR) is 75.3 cm³/mol. The lowest BCUT2D eigenvalue weighted by atomic mass is 9.95. The Kier molecular flexibility index (Phi) is 5.98. The Labute approximate surface area is 111 Å². The number of carbonyl (C=O) groups is 1. The van der Waals surface area contributed by atoms with Crippen molar-refractivity contribution in [2.24, 2.45) is 11.7 Å². The van der Waals surface area contributed by atoms with Crippen LogP contribution in [0.25, 0.3) is 0 Å². The minimum Gasteiger partial charge on any atom is -0.330 e. The molecule has 88 valence electrons. The van der Waals surface area contributed by atoms with Crippen LogP contribution in [-0.4, -0.2) is 12.3 Å². The van der Waals surface area contributed by atoms with E-state index in [1.807, 2.05) is 31.2 Å². The minimum absolute atomic E-state index is 0.128. The molecule has 0 heterocycles. The minimum atomic E-state index is 0.128. The van der Waals surface area contributed by atoms with Crippen LogP contribution in [0, 0.1) is 9.49 Å². The molecule has 1 rings (SSSR count). The average molecular weight is 331 g/mol. The summed E-state index contributed by atoms with van der Waals surface area (Å²) in [7, 11) is 0. The van der Waals surface area contributed by atoms with Crippen LogP contribution in [0.2, 0.25) is 0 Å². The zero-order chi connectivity index (χ0) is 12.0. The van der Waals surface area contributed by atoms with E-state index in [4.69, 9.17) is 5.73 Å². The van der Waals surface area contributed by atoms with Crippen molar-refractivity contribution in [3.8, 4) is 0 Å². The number of rotatable bonds is 6. The third-order valence-corrected chi connectivity index (χ3v) is 3.40. The summed E-state index contributed by atoms with van der Waals surface area (Å²) >= 11 is 2.26. The van der Waals surface area contributed by atoms with Gasteiger partial charge in [0.1, 0.15) is 5.78 Å². The molecule has 1 aromatic carbocycles. The molecular weight excluding hydrogens is 313 g/mol. The Balaban J connectivity index is 2.47. The number of ketones is 1. The van der Waals surface area contributed by atoms with E-state index in [-0.39, 0.29) is 5.92 Å². The molecule has 1 unspecified atom stereocenters. The van der Waals surface area contributed by atoms with Gasteiger partial charge in [0.05, 0.1) is 0 Å². The Bertz CT molecular complexity index is 334. The summed E-state index contributed by atoms with van der Waals surface area (Å²) < 4.78 is 1.20. The molecule has 3 heteroatoms. The van der Waals surface area contributed by atoms with Gasteiger partial charge in [-0.3, -0.25) is 4.79 Å². The highest BCUT2D eigenvalue weighted by Crippen LogP contribution is 2.12. The van der Waals surface area contributed by atoms with Crippen molar-refractivity contribution in [2.75, 3.05) is 6.54 Å². The van der Waals surface area contributed by atoms with E-state index in [2.05, 4.69) is 22.6 Å². The van der Waals surface area contributed by atoms with Crippen LogP contribution >= 0.6 is 22.6 Å².